The van der Waals surface area contributed by atoms with Crippen LogP contribution in [0.5, 0.6) is 5.88 Å². The number of nitrogens with zero attached hydrogens (tertiary/aromatic N) is 4. The molecular formula is C10H16N6O3. The van der Waals surface area contributed by atoms with Crippen LogP contribution in [-0.2, 0) is 0 Å². The van der Waals surface area contributed by atoms with Gasteiger partial charge in [0.15, 0.2) is 0 Å². The van der Waals surface area contributed by atoms with Crippen LogP contribution in [-0.4, -0.2) is 46.0 Å². The maximum Gasteiger partial charge on any atom is 0.349 e. The minimum absolute atomic E-state index is 0.0393. The van der Waals surface area contributed by atoms with Gasteiger partial charge in [0.2, 0.25) is 5.95 Å². The highest BCUT2D eigenvalue weighted by Gasteiger charge is 2.24. The zero-order valence-corrected chi connectivity index (χ0v) is 10.6. The first-order chi connectivity index (χ1) is 9.10. The summed E-state index contributed by atoms with van der Waals surface area (Å²) >= 11 is 0. The van der Waals surface area contributed by atoms with E-state index in [1.807, 2.05) is 7.05 Å². The van der Waals surface area contributed by atoms with E-state index in [9.17, 15) is 10.1 Å². The van der Waals surface area contributed by atoms with Crippen molar-refractivity contribution in [3.8, 4) is 5.88 Å². The minimum Gasteiger partial charge on any atom is -0.469 e. The van der Waals surface area contributed by atoms with Gasteiger partial charge in [-0.1, -0.05) is 0 Å². The average Bonchev–Trinajstić information content (AvgIpc) is 2.41. The van der Waals surface area contributed by atoms with Crippen molar-refractivity contribution >= 4 is 11.6 Å². The lowest BCUT2D eigenvalue weighted by Crippen LogP contribution is -2.36. The second-order valence-corrected chi connectivity index (χ2v) is 4.41. The Kier molecular flexibility index (Phi) is 4.07. The number of nitrogens with two attached hydrogens (primary N) is 1. The van der Waals surface area contributed by atoms with Crippen LogP contribution in [0.1, 0.15) is 12.8 Å². The molecule has 0 aromatic carbocycles. The number of hydrogen-bond donors (Lipinski definition) is 2. The van der Waals surface area contributed by atoms with Gasteiger partial charge in [0.05, 0.1) is 4.92 Å². The summed E-state index contributed by atoms with van der Waals surface area (Å²) < 4.78 is 5.62. The van der Waals surface area contributed by atoms with Gasteiger partial charge in [-0.25, -0.2) is 10.8 Å². The van der Waals surface area contributed by atoms with E-state index in [2.05, 4.69) is 20.3 Å². The standard InChI is InChI=1S/C10H16N6O3/c1-15-4-2-7(3-5-15)19-9-8(16(17)18)6-12-10(13-9)14-11/h6-7H,2-5,11H2,1H3,(H,12,13,14). The lowest BCUT2D eigenvalue weighted by Gasteiger charge is -2.28. The molecule has 9 heteroatoms. The number of piperidine rings is 1. The van der Waals surface area contributed by atoms with Crippen LogP contribution in [0, 0.1) is 10.1 Å². The molecule has 104 valence electrons. The monoisotopic (exact) mass is 268 g/mol. The Morgan fingerprint density at radius 1 is 1.58 bits per heavy atom. The number of nitrogens with one attached hydrogen (secondary N) is 1. The minimum atomic E-state index is -0.565. The van der Waals surface area contributed by atoms with Crippen LogP contribution < -0.4 is 16.0 Å². The number of ether oxygens (including phenoxy) is 1. The van der Waals surface area contributed by atoms with Crippen molar-refractivity contribution in [3.05, 3.63) is 16.3 Å². The molecule has 1 fully saturated rings. The Labute approximate surface area is 109 Å². The normalized spacial score (nSPS) is 17.2. The number of anilines is 1. The van der Waals surface area contributed by atoms with Crippen LogP contribution in [0.3, 0.4) is 0 Å². The molecule has 0 spiro atoms. The number of nitro groups is 1. The zero-order valence-electron chi connectivity index (χ0n) is 10.6. The number of hydrazine groups is 1. The zero-order chi connectivity index (χ0) is 13.8. The molecule has 0 bridgehead atoms. The highest BCUT2D eigenvalue weighted by Crippen LogP contribution is 2.27. The fourth-order valence-corrected chi connectivity index (χ4v) is 1.90. The first kappa shape index (κ1) is 13.4. The summed E-state index contributed by atoms with van der Waals surface area (Å²) in [5.74, 6) is 5.24. The Morgan fingerprint density at radius 2 is 2.26 bits per heavy atom. The fraction of sp³-hybridized carbons (Fsp3) is 0.600. The van der Waals surface area contributed by atoms with E-state index in [0.29, 0.717) is 0 Å². The lowest BCUT2D eigenvalue weighted by atomic mass is 10.1. The van der Waals surface area contributed by atoms with E-state index in [1.165, 1.54) is 0 Å². The van der Waals surface area contributed by atoms with Crippen molar-refractivity contribution in [2.45, 2.75) is 18.9 Å². The first-order valence-corrected chi connectivity index (χ1v) is 5.93. The van der Waals surface area contributed by atoms with Crippen LogP contribution in [0.15, 0.2) is 6.20 Å². The molecular weight excluding hydrogens is 252 g/mol. The second kappa shape index (κ2) is 5.76. The molecule has 2 heterocycles. The van der Waals surface area contributed by atoms with E-state index in [0.717, 1.165) is 32.1 Å². The fourth-order valence-electron chi connectivity index (χ4n) is 1.90. The van der Waals surface area contributed by atoms with Crippen LogP contribution in [0.25, 0.3) is 0 Å². The molecule has 1 aliphatic rings. The van der Waals surface area contributed by atoms with E-state index in [-0.39, 0.29) is 23.6 Å². The number of aromatic nitrogens is 2. The first-order valence-electron chi connectivity index (χ1n) is 5.93. The second-order valence-electron chi connectivity index (χ2n) is 4.41. The Morgan fingerprint density at radius 3 is 2.84 bits per heavy atom. The van der Waals surface area contributed by atoms with Crippen molar-refractivity contribution in [2.75, 3.05) is 25.6 Å². The van der Waals surface area contributed by atoms with E-state index < -0.39 is 4.92 Å². The van der Waals surface area contributed by atoms with Gasteiger partial charge in [0.1, 0.15) is 12.3 Å². The summed E-state index contributed by atoms with van der Waals surface area (Å²) in [7, 11) is 2.03. The maximum atomic E-state index is 10.9. The molecule has 0 amide bonds. The van der Waals surface area contributed by atoms with Crippen molar-refractivity contribution in [1.82, 2.24) is 14.9 Å². The molecule has 1 aliphatic heterocycles. The van der Waals surface area contributed by atoms with Gasteiger partial charge in [0, 0.05) is 13.1 Å². The van der Waals surface area contributed by atoms with Crippen LogP contribution in [0.4, 0.5) is 11.6 Å². The van der Waals surface area contributed by atoms with Crippen LogP contribution >= 0.6 is 0 Å². The number of rotatable bonds is 4. The number of likely N-dealkylation sites (tertiary alicyclic amines) is 1. The quantitative estimate of drug-likeness (QED) is 0.449. The molecule has 1 aromatic heterocycles. The smallest absolute Gasteiger partial charge is 0.349 e. The summed E-state index contributed by atoms with van der Waals surface area (Å²) in [6.45, 7) is 1.79. The largest absolute Gasteiger partial charge is 0.469 e. The average molecular weight is 268 g/mol. The molecule has 0 unspecified atom stereocenters. The Hall–Kier alpha value is -2.00. The lowest BCUT2D eigenvalue weighted by molar-refractivity contribution is -0.386. The van der Waals surface area contributed by atoms with Crippen molar-refractivity contribution in [1.29, 1.82) is 0 Å². The van der Waals surface area contributed by atoms with Crippen molar-refractivity contribution in [3.63, 3.8) is 0 Å². The number of nitrogen functional groups attached to an aromatic ring is 1. The van der Waals surface area contributed by atoms with E-state index >= 15 is 0 Å². The van der Waals surface area contributed by atoms with E-state index in [4.69, 9.17) is 10.6 Å². The summed E-state index contributed by atoms with van der Waals surface area (Å²) in [5.41, 5.74) is 1.99. The molecule has 1 saturated heterocycles. The molecule has 1 aromatic rings. The molecule has 0 radical (unpaired) electrons. The molecule has 19 heavy (non-hydrogen) atoms. The van der Waals surface area contributed by atoms with E-state index in [1.54, 1.807) is 0 Å². The third-order valence-corrected chi connectivity index (χ3v) is 3.01. The van der Waals surface area contributed by atoms with Gasteiger partial charge in [-0.15, -0.1) is 0 Å². The molecule has 2 rings (SSSR count). The Bertz CT molecular complexity index is 461. The van der Waals surface area contributed by atoms with Gasteiger partial charge < -0.3 is 9.64 Å². The third kappa shape index (κ3) is 3.26. The topological polar surface area (TPSA) is 119 Å². The highest BCUT2D eigenvalue weighted by molar-refractivity contribution is 5.42. The summed E-state index contributed by atoms with van der Waals surface area (Å²) in [6.07, 6.45) is 2.63. The maximum absolute atomic E-state index is 10.9. The molecule has 0 aliphatic carbocycles. The number of hydrogen-bond acceptors (Lipinski definition) is 8. The predicted octanol–water partition coefficient (Wildman–Crippen LogP) is 0.143. The summed E-state index contributed by atoms with van der Waals surface area (Å²) in [4.78, 5) is 20.1. The highest BCUT2D eigenvalue weighted by atomic mass is 16.6. The SMILES string of the molecule is CN1CCC(Oc2nc(NN)ncc2[N+](=O)[O-])CC1. The molecule has 3 N–H and O–H groups in total. The summed E-state index contributed by atoms with van der Waals surface area (Å²) in [6, 6.07) is 0. The van der Waals surface area contributed by atoms with Gasteiger partial charge in [0.25, 0.3) is 5.88 Å². The molecule has 9 nitrogen and oxygen atoms in total. The predicted molar refractivity (Wildman–Crippen MR) is 67.6 cm³/mol. The van der Waals surface area contributed by atoms with Gasteiger partial charge >= 0.3 is 5.69 Å². The summed E-state index contributed by atoms with van der Waals surface area (Å²) in [5, 5.41) is 10.9. The van der Waals surface area contributed by atoms with Gasteiger partial charge in [-0.05, 0) is 19.9 Å². The van der Waals surface area contributed by atoms with Gasteiger partial charge in [-0.2, -0.15) is 4.98 Å². The Balaban J connectivity index is 2.15. The van der Waals surface area contributed by atoms with Crippen LogP contribution in [0.2, 0.25) is 0 Å². The third-order valence-electron chi connectivity index (χ3n) is 3.01. The van der Waals surface area contributed by atoms with Crippen molar-refractivity contribution in [2.24, 2.45) is 5.84 Å². The van der Waals surface area contributed by atoms with Crippen molar-refractivity contribution < 1.29 is 9.66 Å². The molecule has 0 saturated carbocycles. The van der Waals surface area contributed by atoms with Gasteiger partial charge in [-0.3, -0.25) is 15.5 Å². The molecule has 0 atom stereocenters.